The summed E-state index contributed by atoms with van der Waals surface area (Å²) in [6.07, 6.45) is -4.59. The second kappa shape index (κ2) is 4.01. The fourth-order valence-corrected chi connectivity index (χ4v) is 1.84. The highest BCUT2D eigenvalue weighted by atomic mass is 19.4. The van der Waals surface area contributed by atoms with E-state index in [1.807, 2.05) is 0 Å². The number of hydrogen-bond acceptors (Lipinski definition) is 2. The Morgan fingerprint density at radius 3 is 2.61 bits per heavy atom. The third-order valence-corrected chi connectivity index (χ3v) is 2.64. The Morgan fingerprint density at radius 2 is 2.06 bits per heavy atom. The summed E-state index contributed by atoms with van der Waals surface area (Å²) in [5.41, 5.74) is -0.460. The summed E-state index contributed by atoms with van der Waals surface area (Å²) < 4.78 is 37.6. The summed E-state index contributed by atoms with van der Waals surface area (Å²) in [5.74, 6) is -1.78. The minimum Gasteiger partial charge on any atom is -0.480 e. The molecular weight excluding hydrogens is 251 g/mol. The summed E-state index contributed by atoms with van der Waals surface area (Å²) >= 11 is 0. The van der Waals surface area contributed by atoms with E-state index in [4.69, 9.17) is 5.11 Å². The number of rotatable bonds is 2. The normalized spacial score (nSPS) is 14.8. The predicted molar refractivity (Wildman–Crippen MR) is 55.1 cm³/mol. The molecule has 2 rings (SSSR count). The van der Waals surface area contributed by atoms with Gasteiger partial charge in [0.1, 0.15) is 6.54 Å². The Bertz CT molecular complexity index is 525. The van der Waals surface area contributed by atoms with Gasteiger partial charge in [0, 0.05) is 5.69 Å². The van der Waals surface area contributed by atoms with Crippen molar-refractivity contribution in [2.75, 3.05) is 11.4 Å². The molecule has 0 aromatic heterocycles. The molecule has 96 valence electrons. The van der Waals surface area contributed by atoms with Gasteiger partial charge in [-0.15, -0.1) is 0 Å². The Morgan fingerprint density at radius 1 is 1.39 bits per heavy atom. The van der Waals surface area contributed by atoms with Crippen LogP contribution in [-0.4, -0.2) is 23.5 Å². The minimum absolute atomic E-state index is 0.0252. The maximum absolute atomic E-state index is 12.5. The van der Waals surface area contributed by atoms with E-state index >= 15 is 0 Å². The lowest BCUT2D eigenvalue weighted by Crippen LogP contribution is -2.32. The largest absolute Gasteiger partial charge is 0.480 e. The number of aliphatic carboxylic acids is 1. The summed E-state index contributed by atoms with van der Waals surface area (Å²) in [5, 5.41) is 8.63. The van der Waals surface area contributed by atoms with Gasteiger partial charge in [-0.05, 0) is 17.7 Å². The summed E-state index contributed by atoms with van der Waals surface area (Å²) in [6.45, 7) is -0.632. The highest BCUT2D eigenvalue weighted by molar-refractivity contribution is 6.04. The van der Waals surface area contributed by atoms with Crippen molar-refractivity contribution in [3.8, 4) is 0 Å². The molecule has 0 radical (unpaired) electrons. The van der Waals surface area contributed by atoms with Gasteiger partial charge in [-0.2, -0.15) is 13.2 Å². The van der Waals surface area contributed by atoms with E-state index in [0.29, 0.717) is 5.56 Å². The van der Waals surface area contributed by atoms with Crippen molar-refractivity contribution in [2.24, 2.45) is 0 Å². The van der Waals surface area contributed by atoms with Crippen molar-refractivity contribution < 1.29 is 27.9 Å². The third kappa shape index (κ3) is 2.15. The zero-order valence-corrected chi connectivity index (χ0v) is 8.99. The lowest BCUT2D eigenvalue weighted by atomic mass is 10.1. The first-order valence-electron chi connectivity index (χ1n) is 5.01. The number of carboxylic acids is 1. The van der Waals surface area contributed by atoms with Crippen molar-refractivity contribution in [1.29, 1.82) is 0 Å². The summed E-state index contributed by atoms with van der Waals surface area (Å²) in [6, 6.07) is 2.90. The molecule has 1 heterocycles. The van der Waals surface area contributed by atoms with Crippen LogP contribution in [0.4, 0.5) is 18.9 Å². The van der Waals surface area contributed by atoms with Crippen LogP contribution in [0.15, 0.2) is 18.2 Å². The number of carbonyl (C=O) groups is 2. The number of benzene rings is 1. The Hall–Kier alpha value is -2.05. The molecule has 0 saturated carbocycles. The molecule has 0 aliphatic carbocycles. The number of carbonyl (C=O) groups excluding carboxylic acids is 1. The lowest BCUT2D eigenvalue weighted by molar-refractivity contribution is -0.137. The van der Waals surface area contributed by atoms with Crippen molar-refractivity contribution >= 4 is 17.6 Å². The molecule has 0 unspecified atom stereocenters. The number of anilines is 1. The van der Waals surface area contributed by atoms with Gasteiger partial charge >= 0.3 is 12.1 Å². The van der Waals surface area contributed by atoms with E-state index in [-0.39, 0.29) is 12.1 Å². The first-order valence-corrected chi connectivity index (χ1v) is 5.01. The maximum Gasteiger partial charge on any atom is 0.416 e. The van der Waals surface area contributed by atoms with E-state index in [2.05, 4.69) is 0 Å². The van der Waals surface area contributed by atoms with Gasteiger partial charge in [0.15, 0.2) is 0 Å². The van der Waals surface area contributed by atoms with Gasteiger partial charge in [-0.3, -0.25) is 9.59 Å². The van der Waals surface area contributed by atoms with Gasteiger partial charge in [0.05, 0.1) is 12.0 Å². The zero-order chi connectivity index (χ0) is 13.5. The van der Waals surface area contributed by atoms with Crippen LogP contribution in [0.3, 0.4) is 0 Å². The van der Waals surface area contributed by atoms with E-state index in [0.717, 1.165) is 17.0 Å². The molecular formula is C11H8F3NO3. The number of hydrogen-bond donors (Lipinski definition) is 1. The molecule has 7 heteroatoms. The van der Waals surface area contributed by atoms with Gasteiger partial charge in [0.2, 0.25) is 5.91 Å². The van der Waals surface area contributed by atoms with Crippen molar-refractivity contribution in [3.63, 3.8) is 0 Å². The molecule has 0 fully saturated rings. The fourth-order valence-electron chi connectivity index (χ4n) is 1.84. The smallest absolute Gasteiger partial charge is 0.416 e. The molecule has 18 heavy (non-hydrogen) atoms. The molecule has 1 aromatic carbocycles. The summed E-state index contributed by atoms with van der Waals surface area (Å²) in [7, 11) is 0. The van der Waals surface area contributed by atoms with Crippen LogP contribution in [0, 0.1) is 0 Å². The average molecular weight is 259 g/mol. The molecule has 0 bridgehead atoms. The Balaban J connectivity index is 2.43. The SMILES string of the molecule is O=C(O)CN1C(=O)Cc2ccc(C(F)(F)F)cc21. The second-order valence-corrected chi connectivity index (χ2v) is 3.89. The number of fused-ring (bicyclic) bond motifs is 1. The van der Waals surface area contributed by atoms with Crippen LogP contribution in [0.25, 0.3) is 0 Å². The number of carboxylic acid groups (broad SMARTS) is 1. The molecule has 1 aliphatic rings. The third-order valence-electron chi connectivity index (χ3n) is 2.64. The Labute approximate surface area is 99.6 Å². The number of amides is 1. The van der Waals surface area contributed by atoms with E-state index in [1.165, 1.54) is 6.07 Å². The topological polar surface area (TPSA) is 57.6 Å². The summed E-state index contributed by atoms with van der Waals surface area (Å²) in [4.78, 5) is 22.9. The molecule has 0 atom stereocenters. The van der Waals surface area contributed by atoms with Crippen LogP contribution in [0.5, 0.6) is 0 Å². The Kier molecular flexibility index (Phi) is 2.76. The second-order valence-electron chi connectivity index (χ2n) is 3.89. The molecule has 1 amide bonds. The monoisotopic (exact) mass is 259 g/mol. The van der Waals surface area contributed by atoms with Crippen LogP contribution in [0.1, 0.15) is 11.1 Å². The number of halogens is 3. The fraction of sp³-hybridized carbons (Fsp3) is 0.273. The predicted octanol–water partition coefficient (Wildman–Crippen LogP) is 1.68. The molecule has 0 saturated heterocycles. The molecule has 4 nitrogen and oxygen atoms in total. The van der Waals surface area contributed by atoms with Crippen LogP contribution in [-0.2, 0) is 22.2 Å². The van der Waals surface area contributed by atoms with E-state index < -0.39 is 30.2 Å². The van der Waals surface area contributed by atoms with Crippen LogP contribution < -0.4 is 4.90 Å². The van der Waals surface area contributed by atoms with Crippen molar-refractivity contribution in [3.05, 3.63) is 29.3 Å². The highest BCUT2D eigenvalue weighted by Crippen LogP contribution is 2.36. The minimum atomic E-state index is -4.52. The number of nitrogens with zero attached hydrogens (tertiary/aromatic N) is 1. The van der Waals surface area contributed by atoms with Gasteiger partial charge in [-0.25, -0.2) is 0 Å². The first-order chi connectivity index (χ1) is 8.29. The number of alkyl halides is 3. The van der Waals surface area contributed by atoms with E-state index in [9.17, 15) is 22.8 Å². The zero-order valence-electron chi connectivity index (χ0n) is 8.99. The van der Waals surface area contributed by atoms with Gasteiger partial charge in [-0.1, -0.05) is 6.07 Å². The standard InChI is InChI=1S/C11H8F3NO3/c12-11(13,14)7-2-1-6-3-9(16)15(5-10(17)18)8(6)4-7/h1-2,4H,3,5H2,(H,17,18). The first kappa shape index (κ1) is 12.4. The van der Waals surface area contributed by atoms with Gasteiger partial charge < -0.3 is 10.0 Å². The average Bonchev–Trinajstić information content (AvgIpc) is 2.53. The molecule has 0 spiro atoms. The van der Waals surface area contributed by atoms with Crippen LogP contribution >= 0.6 is 0 Å². The molecule has 1 aromatic rings. The highest BCUT2D eigenvalue weighted by Gasteiger charge is 2.35. The quantitative estimate of drug-likeness (QED) is 0.879. The van der Waals surface area contributed by atoms with E-state index in [1.54, 1.807) is 0 Å². The van der Waals surface area contributed by atoms with Crippen LogP contribution in [0.2, 0.25) is 0 Å². The molecule has 1 N–H and O–H groups in total. The lowest BCUT2D eigenvalue weighted by Gasteiger charge is -2.16. The van der Waals surface area contributed by atoms with Gasteiger partial charge in [0.25, 0.3) is 0 Å². The maximum atomic E-state index is 12.5. The van der Waals surface area contributed by atoms with Crippen molar-refractivity contribution in [2.45, 2.75) is 12.6 Å². The molecule has 1 aliphatic heterocycles. The van der Waals surface area contributed by atoms with Crippen molar-refractivity contribution in [1.82, 2.24) is 0 Å².